The smallest absolute Gasteiger partial charge is 0.0122 e. The van der Waals surface area contributed by atoms with Crippen LogP contribution in [0.15, 0.2) is 0 Å². The van der Waals surface area contributed by atoms with Crippen LogP contribution in [0.4, 0.5) is 0 Å². The molecule has 2 fully saturated rings. The van der Waals surface area contributed by atoms with Gasteiger partial charge in [0.05, 0.1) is 0 Å². The quantitative estimate of drug-likeness (QED) is 0.494. The Labute approximate surface area is 50.5 Å². The van der Waals surface area contributed by atoms with Crippen molar-refractivity contribution in [2.45, 2.75) is 32.2 Å². The van der Waals surface area contributed by atoms with Gasteiger partial charge in [-0.2, -0.15) is 0 Å². The van der Waals surface area contributed by atoms with E-state index in [1.807, 2.05) is 0 Å². The highest BCUT2D eigenvalue weighted by Gasteiger charge is 2.45. The van der Waals surface area contributed by atoms with Crippen molar-refractivity contribution in [1.82, 2.24) is 5.32 Å². The highest BCUT2D eigenvalue weighted by atomic mass is 15.0. The Bertz CT molecular complexity index is 111. The van der Waals surface area contributed by atoms with E-state index in [4.69, 9.17) is 0 Å². The van der Waals surface area contributed by atoms with Gasteiger partial charge in [-0.3, -0.25) is 0 Å². The zero-order valence-electron chi connectivity index (χ0n) is 5.41. The first-order valence-electron chi connectivity index (χ1n) is 3.55. The molecule has 2 atom stereocenters. The summed E-state index contributed by atoms with van der Waals surface area (Å²) in [4.78, 5) is 0. The summed E-state index contributed by atoms with van der Waals surface area (Å²) < 4.78 is 0. The monoisotopic (exact) mass is 111 g/mol. The normalized spacial score (nSPS) is 52.9. The molecule has 2 unspecified atom stereocenters. The minimum absolute atomic E-state index is 0.722. The van der Waals surface area contributed by atoms with Gasteiger partial charge in [0, 0.05) is 6.04 Å². The molecule has 0 amide bonds. The van der Waals surface area contributed by atoms with E-state index in [1.165, 1.54) is 25.8 Å². The fourth-order valence-electron chi connectivity index (χ4n) is 1.96. The molecule has 1 aliphatic carbocycles. The second-order valence-corrected chi connectivity index (χ2v) is 3.45. The molecule has 0 aromatic carbocycles. The van der Waals surface area contributed by atoms with Crippen molar-refractivity contribution >= 4 is 0 Å². The molecular weight excluding hydrogens is 98.1 g/mol. The summed E-state index contributed by atoms with van der Waals surface area (Å²) in [5.74, 6) is 0. The number of nitrogens with one attached hydrogen (secondary N) is 1. The lowest BCUT2D eigenvalue weighted by Crippen LogP contribution is -2.43. The molecule has 0 aromatic heterocycles. The molecular formula is C7H13N. The minimum Gasteiger partial charge on any atom is -0.313 e. The first-order chi connectivity index (χ1) is 3.81. The number of hydrogen-bond acceptors (Lipinski definition) is 1. The second-order valence-electron chi connectivity index (χ2n) is 3.45. The van der Waals surface area contributed by atoms with Gasteiger partial charge in [-0.25, -0.2) is 0 Å². The molecule has 1 N–H and O–H groups in total. The average Bonchev–Trinajstić information content (AvgIpc) is 1.94. The lowest BCUT2D eigenvalue weighted by molar-refractivity contribution is 0.139. The van der Waals surface area contributed by atoms with E-state index in [0.29, 0.717) is 0 Å². The molecule has 0 aromatic rings. The average molecular weight is 111 g/mol. The third kappa shape index (κ3) is 0.408. The van der Waals surface area contributed by atoms with Gasteiger partial charge in [-0.15, -0.1) is 0 Å². The van der Waals surface area contributed by atoms with Crippen LogP contribution in [0, 0.1) is 5.41 Å². The van der Waals surface area contributed by atoms with Gasteiger partial charge in [0.1, 0.15) is 0 Å². The summed E-state index contributed by atoms with van der Waals surface area (Å²) in [7, 11) is 0. The molecule has 1 nitrogen and oxygen atoms in total. The van der Waals surface area contributed by atoms with Gasteiger partial charge in [0.25, 0.3) is 0 Å². The van der Waals surface area contributed by atoms with Crippen LogP contribution >= 0.6 is 0 Å². The van der Waals surface area contributed by atoms with Crippen LogP contribution in [-0.4, -0.2) is 12.6 Å². The van der Waals surface area contributed by atoms with Crippen LogP contribution in [-0.2, 0) is 0 Å². The van der Waals surface area contributed by atoms with Crippen LogP contribution in [0.1, 0.15) is 26.2 Å². The van der Waals surface area contributed by atoms with E-state index in [0.717, 1.165) is 11.5 Å². The zero-order chi connectivity index (χ0) is 5.61. The SMILES string of the molecule is CC12CCNC1CC2. The number of hydrogen-bond donors (Lipinski definition) is 1. The number of fused-ring (bicyclic) bond motifs is 1. The van der Waals surface area contributed by atoms with Crippen molar-refractivity contribution in [3.05, 3.63) is 0 Å². The topological polar surface area (TPSA) is 12.0 Å². The Morgan fingerprint density at radius 1 is 1.50 bits per heavy atom. The molecule has 0 radical (unpaired) electrons. The Balaban J connectivity index is 2.14. The van der Waals surface area contributed by atoms with Crippen molar-refractivity contribution in [2.24, 2.45) is 5.41 Å². The molecule has 0 bridgehead atoms. The van der Waals surface area contributed by atoms with E-state index in [-0.39, 0.29) is 0 Å². The molecule has 0 spiro atoms. The second kappa shape index (κ2) is 1.27. The minimum atomic E-state index is 0.722. The first-order valence-corrected chi connectivity index (χ1v) is 3.55. The van der Waals surface area contributed by atoms with Gasteiger partial charge in [0.2, 0.25) is 0 Å². The summed E-state index contributed by atoms with van der Waals surface area (Å²) >= 11 is 0. The fraction of sp³-hybridized carbons (Fsp3) is 1.00. The van der Waals surface area contributed by atoms with Gasteiger partial charge in [0.15, 0.2) is 0 Å². The lowest BCUT2D eigenvalue weighted by Gasteiger charge is -2.41. The Hall–Kier alpha value is -0.0400. The highest BCUT2D eigenvalue weighted by molar-refractivity contribution is 5.01. The number of rotatable bonds is 0. The van der Waals surface area contributed by atoms with Crippen LogP contribution in [0.3, 0.4) is 0 Å². The summed E-state index contributed by atoms with van der Waals surface area (Å²) in [6.45, 7) is 3.67. The third-order valence-corrected chi connectivity index (χ3v) is 2.93. The van der Waals surface area contributed by atoms with Crippen molar-refractivity contribution in [1.29, 1.82) is 0 Å². The van der Waals surface area contributed by atoms with E-state index in [2.05, 4.69) is 12.2 Å². The largest absolute Gasteiger partial charge is 0.313 e. The predicted molar refractivity (Wildman–Crippen MR) is 33.7 cm³/mol. The van der Waals surface area contributed by atoms with Crippen molar-refractivity contribution in [2.75, 3.05) is 6.54 Å². The summed E-state index contributed by atoms with van der Waals surface area (Å²) in [5, 5.41) is 3.50. The highest BCUT2D eigenvalue weighted by Crippen LogP contribution is 2.46. The van der Waals surface area contributed by atoms with Crippen molar-refractivity contribution in [3.8, 4) is 0 Å². The van der Waals surface area contributed by atoms with E-state index < -0.39 is 0 Å². The van der Waals surface area contributed by atoms with Crippen LogP contribution in [0.5, 0.6) is 0 Å². The lowest BCUT2D eigenvalue weighted by atomic mass is 9.67. The zero-order valence-corrected chi connectivity index (χ0v) is 5.41. The summed E-state index contributed by atoms with van der Waals surface area (Å²) in [5.41, 5.74) is 0.722. The maximum Gasteiger partial charge on any atom is 0.0122 e. The van der Waals surface area contributed by atoms with Crippen LogP contribution in [0.25, 0.3) is 0 Å². The maximum atomic E-state index is 3.50. The Kier molecular flexibility index (Phi) is 0.762. The van der Waals surface area contributed by atoms with Crippen LogP contribution < -0.4 is 5.32 Å². The molecule has 2 rings (SSSR count). The third-order valence-electron chi connectivity index (χ3n) is 2.93. The van der Waals surface area contributed by atoms with Crippen LogP contribution in [0.2, 0.25) is 0 Å². The maximum absolute atomic E-state index is 3.50. The fourth-order valence-corrected chi connectivity index (χ4v) is 1.96. The van der Waals surface area contributed by atoms with E-state index in [9.17, 15) is 0 Å². The molecule has 1 aliphatic heterocycles. The van der Waals surface area contributed by atoms with Crippen molar-refractivity contribution in [3.63, 3.8) is 0 Å². The van der Waals surface area contributed by atoms with E-state index in [1.54, 1.807) is 0 Å². The van der Waals surface area contributed by atoms with Gasteiger partial charge in [-0.05, 0) is 31.2 Å². The van der Waals surface area contributed by atoms with Gasteiger partial charge >= 0.3 is 0 Å². The first kappa shape index (κ1) is 4.80. The van der Waals surface area contributed by atoms with Crippen molar-refractivity contribution < 1.29 is 0 Å². The predicted octanol–water partition coefficient (Wildman–Crippen LogP) is 1.15. The molecule has 2 aliphatic rings. The summed E-state index contributed by atoms with van der Waals surface area (Å²) in [6, 6.07) is 0.891. The molecule has 8 heavy (non-hydrogen) atoms. The Morgan fingerprint density at radius 3 is 2.62 bits per heavy atom. The standard InChI is InChI=1S/C7H13N/c1-7-3-2-6(7)8-5-4-7/h6,8H,2-5H2,1H3. The molecule has 1 saturated heterocycles. The molecule has 1 saturated carbocycles. The van der Waals surface area contributed by atoms with E-state index >= 15 is 0 Å². The Morgan fingerprint density at radius 2 is 2.38 bits per heavy atom. The summed E-state index contributed by atoms with van der Waals surface area (Å²) in [6.07, 6.45) is 4.30. The van der Waals surface area contributed by atoms with Gasteiger partial charge in [-0.1, -0.05) is 6.92 Å². The van der Waals surface area contributed by atoms with Gasteiger partial charge < -0.3 is 5.32 Å². The molecule has 1 heteroatoms. The molecule has 1 heterocycles. The molecule has 46 valence electrons.